The van der Waals surface area contributed by atoms with Crippen LogP contribution in [-0.2, 0) is 14.8 Å². The summed E-state index contributed by atoms with van der Waals surface area (Å²) in [7, 11) is -3.87. The van der Waals surface area contributed by atoms with Crippen molar-refractivity contribution in [3.8, 4) is 16.9 Å². The van der Waals surface area contributed by atoms with Crippen molar-refractivity contribution in [2.45, 2.75) is 18.7 Å². The fraction of sp³-hybridized carbons (Fsp3) is 0.154. The summed E-state index contributed by atoms with van der Waals surface area (Å²) >= 11 is 5.89. The van der Waals surface area contributed by atoms with E-state index in [-0.39, 0.29) is 18.0 Å². The van der Waals surface area contributed by atoms with Gasteiger partial charge in [-0.05, 0) is 48.9 Å². The number of halogens is 1. The first-order valence-corrected chi connectivity index (χ1v) is 12.9. The predicted molar refractivity (Wildman–Crippen MR) is 138 cm³/mol. The summed E-state index contributed by atoms with van der Waals surface area (Å²) in [6, 6.07) is 23.3. The Morgan fingerprint density at radius 3 is 2.40 bits per heavy atom. The van der Waals surface area contributed by atoms with E-state index in [4.69, 9.17) is 11.6 Å². The number of likely N-dealkylation sites (N-methyl/N-ethyl adjacent to an activating group) is 1. The lowest BCUT2D eigenvalue weighted by atomic mass is 10.2. The van der Waals surface area contributed by atoms with E-state index < -0.39 is 15.9 Å². The number of anilines is 1. The number of carbonyl (C=O) groups excluding carboxylic acids is 1. The molecule has 180 valence electrons. The quantitative estimate of drug-likeness (QED) is 0.356. The molecular formula is C26H25ClN4O3S. The van der Waals surface area contributed by atoms with Gasteiger partial charge in [-0.1, -0.05) is 61.0 Å². The molecule has 1 N–H and O–H groups in total. The zero-order valence-electron chi connectivity index (χ0n) is 19.3. The molecule has 0 unspecified atom stereocenters. The summed E-state index contributed by atoms with van der Waals surface area (Å²) in [5.41, 5.74) is 3.47. The molecule has 0 bridgehead atoms. The van der Waals surface area contributed by atoms with Crippen molar-refractivity contribution in [1.29, 1.82) is 0 Å². The lowest BCUT2D eigenvalue weighted by Gasteiger charge is -2.20. The van der Waals surface area contributed by atoms with Gasteiger partial charge in [-0.3, -0.25) is 14.7 Å². The van der Waals surface area contributed by atoms with Crippen molar-refractivity contribution in [2.24, 2.45) is 0 Å². The van der Waals surface area contributed by atoms with Crippen LogP contribution in [0.5, 0.6) is 0 Å². The monoisotopic (exact) mass is 508 g/mol. The van der Waals surface area contributed by atoms with E-state index in [9.17, 15) is 13.2 Å². The summed E-state index contributed by atoms with van der Waals surface area (Å²) in [6.07, 6.45) is 1.85. The third-order valence-corrected chi connectivity index (χ3v) is 7.62. The largest absolute Gasteiger partial charge is 0.294 e. The summed E-state index contributed by atoms with van der Waals surface area (Å²) < 4.78 is 29.0. The van der Waals surface area contributed by atoms with Gasteiger partial charge < -0.3 is 0 Å². The molecule has 0 atom stereocenters. The second kappa shape index (κ2) is 10.4. The van der Waals surface area contributed by atoms with Gasteiger partial charge in [-0.25, -0.2) is 13.4 Å². The van der Waals surface area contributed by atoms with Gasteiger partial charge in [0.2, 0.25) is 21.9 Å². The molecule has 1 aromatic heterocycles. The van der Waals surface area contributed by atoms with Gasteiger partial charge in [0.1, 0.15) is 0 Å². The van der Waals surface area contributed by atoms with Crippen molar-refractivity contribution in [3.05, 3.63) is 95.6 Å². The third kappa shape index (κ3) is 5.62. The van der Waals surface area contributed by atoms with Gasteiger partial charge in [0.25, 0.3) is 0 Å². The van der Waals surface area contributed by atoms with Crippen LogP contribution in [0.2, 0.25) is 5.02 Å². The van der Waals surface area contributed by atoms with Gasteiger partial charge in [0.05, 0.1) is 17.1 Å². The number of hydrogen-bond acceptors (Lipinski definition) is 4. The Labute approximate surface area is 210 Å². The lowest BCUT2D eigenvalue weighted by Crippen LogP contribution is -2.38. The number of imidazole rings is 1. The fourth-order valence-electron chi connectivity index (χ4n) is 3.64. The molecule has 9 heteroatoms. The van der Waals surface area contributed by atoms with Crippen LogP contribution in [0.4, 0.5) is 5.95 Å². The fourth-order valence-corrected chi connectivity index (χ4v) is 5.17. The van der Waals surface area contributed by atoms with Gasteiger partial charge in [0, 0.05) is 29.0 Å². The second-order valence-electron chi connectivity index (χ2n) is 7.96. The average Bonchev–Trinajstić information content (AvgIpc) is 3.27. The van der Waals surface area contributed by atoms with Crippen LogP contribution >= 0.6 is 11.6 Å². The summed E-state index contributed by atoms with van der Waals surface area (Å²) in [5.74, 6) is -0.192. The van der Waals surface area contributed by atoms with Crippen LogP contribution < -0.4 is 5.32 Å². The van der Waals surface area contributed by atoms with Gasteiger partial charge in [-0.15, -0.1) is 0 Å². The van der Waals surface area contributed by atoms with E-state index in [1.807, 2.05) is 67.7 Å². The molecular weight excluding hydrogens is 484 g/mol. The smallest absolute Gasteiger partial charge is 0.243 e. The number of carbonyl (C=O) groups is 1. The number of aryl methyl sites for hydroxylation is 1. The third-order valence-electron chi connectivity index (χ3n) is 5.43. The molecule has 0 aliphatic heterocycles. The number of hydrogen-bond donors (Lipinski definition) is 1. The van der Waals surface area contributed by atoms with Crippen LogP contribution in [-0.4, -0.2) is 41.3 Å². The molecule has 1 amide bonds. The van der Waals surface area contributed by atoms with Crippen LogP contribution in [0.25, 0.3) is 16.9 Å². The Morgan fingerprint density at radius 1 is 1.03 bits per heavy atom. The Balaban J connectivity index is 1.62. The lowest BCUT2D eigenvalue weighted by molar-refractivity contribution is -0.116. The maximum Gasteiger partial charge on any atom is 0.243 e. The standard InChI is InChI=1S/C26H25ClN4O3S/c1-3-30(35(33,34)23-14-12-21(27)13-15-23)18-25(32)29-26-28-24(20-9-5-4-6-10-20)17-31(26)22-11-7-8-19(2)16-22/h4-17H,3,18H2,1-2H3,(H,28,29,32). The highest BCUT2D eigenvalue weighted by Crippen LogP contribution is 2.25. The molecule has 0 aliphatic carbocycles. The molecule has 0 spiro atoms. The van der Waals surface area contributed by atoms with Crippen LogP contribution in [0.1, 0.15) is 12.5 Å². The highest BCUT2D eigenvalue weighted by molar-refractivity contribution is 7.89. The average molecular weight is 509 g/mol. The molecule has 4 rings (SSSR count). The maximum atomic E-state index is 13.1. The van der Waals surface area contributed by atoms with Gasteiger partial charge in [-0.2, -0.15) is 4.31 Å². The molecule has 0 radical (unpaired) electrons. The zero-order chi connectivity index (χ0) is 25.0. The first kappa shape index (κ1) is 24.7. The summed E-state index contributed by atoms with van der Waals surface area (Å²) in [6.45, 7) is 3.43. The molecule has 35 heavy (non-hydrogen) atoms. The second-order valence-corrected chi connectivity index (χ2v) is 10.3. The van der Waals surface area contributed by atoms with Crippen LogP contribution in [0, 0.1) is 6.92 Å². The number of nitrogens with zero attached hydrogens (tertiary/aromatic N) is 3. The van der Waals surface area contributed by atoms with Crippen molar-refractivity contribution in [3.63, 3.8) is 0 Å². The van der Waals surface area contributed by atoms with E-state index in [1.54, 1.807) is 11.5 Å². The minimum Gasteiger partial charge on any atom is -0.294 e. The molecule has 0 aliphatic rings. The number of aromatic nitrogens is 2. The first-order valence-electron chi connectivity index (χ1n) is 11.1. The van der Waals surface area contributed by atoms with E-state index in [0.717, 1.165) is 21.1 Å². The highest BCUT2D eigenvalue weighted by Gasteiger charge is 2.26. The normalized spacial score (nSPS) is 11.5. The highest BCUT2D eigenvalue weighted by atomic mass is 35.5. The Morgan fingerprint density at radius 2 is 1.74 bits per heavy atom. The Bertz CT molecular complexity index is 1440. The van der Waals surface area contributed by atoms with Crippen molar-refractivity contribution in [1.82, 2.24) is 13.9 Å². The maximum absolute atomic E-state index is 13.1. The summed E-state index contributed by atoms with van der Waals surface area (Å²) in [5, 5.41) is 3.23. The number of sulfonamides is 1. The Kier molecular flexibility index (Phi) is 7.35. The number of amides is 1. The number of rotatable bonds is 8. The van der Waals surface area contributed by atoms with Gasteiger partial charge >= 0.3 is 0 Å². The molecule has 0 saturated heterocycles. The minimum atomic E-state index is -3.87. The van der Waals surface area contributed by atoms with Crippen molar-refractivity contribution < 1.29 is 13.2 Å². The van der Waals surface area contributed by atoms with Crippen molar-refractivity contribution in [2.75, 3.05) is 18.4 Å². The van der Waals surface area contributed by atoms with Gasteiger partial charge in [0.15, 0.2) is 0 Å². The minimum absolute atomic E-state index is 0.0733. The molecule has 0 fully saturated rings. The Hall–Kier alpha value is -3.46. The van der Waals surface area contributed by atoms with E-state index in [0.29, 0.717) is 16.7 Å². The van der Waals surface area contributed by atoms with E-state index in [2.05, 4.69) is 10.3 Å². The molecule has 7 nitrogen and oxygen atoms in total. The predicted octanol–water partition coefficient (Wildman–Crippen LogP) is 5.15. The van der Waals surface area contributed by atoms with E-state index >= 15 is 0 Å². The number of nitrogens with one attached hydrogen (secondary N) is 1. The topological polar surface area (TPSA) is 84.3 Å². The molecule has 3 aromatic carbocycles. The first-order chi connectivity index (χ1) is 16.8. The zero-order valence-corrected chi connectivity index (χ0v) is 20.9. The summed E-state index contributed by atoms with van der Waals surface area (Å²) in [4.78, 5) is 17.7. The van der Waals surface area contributed by atoms with Crippen molar-refractivity contribution >= 4 is 33.5 Å². The number of benzene rings is 3. The molecule has 4 aromatic rings. The molecule has 0 saturated carbocycles. The van der Waals surface area contributed by atoms with Crippen LogP contribution in [0.15, 0.2) is 90.0 Å². The SMILES string of the molecule is CCN(CC(=O)Nc1nc(-c2ccccc2)cn1-c1cccc(C)c1)S(=O)(=O)c1ccc(Cl)cc1. The van der Waals surface area contributed by atoms with E-state index in [1.165, 1.54) is 24.3 Å². The van der Waals surface area contributed by atoms with Crippen LogP contribution in [0.3, 0.4) is 0 Å². The molecule has 1 heterocycles.